The molecule has 25 heavy (non-hydrogen) atoms. The normalized spacial score (nSPS) is 24.0. The Morgan fingerprint density at radius 2 is 1.80 bits per heavy atom. The van der Waals surface area contributed by atoms with Gasteiger partial charge in [0.2, 0.25) is 0 Å². The number of carbonyl (C=O) groups excluding carboxylic acids is 1. The number of anilines is 1. The van der Waals surface area contributed by atoms with Crippen LogP contribution in [-0.2, 0) is 6.54 Å². The van der Waals surface area contributed by atoms with Gasteiger partial charge in [0.05, 0.1) is 0 Å². The molecule has 1 heterocycles. The van der Waals surface area contributed by atoms with Crippen LogP contribution in [0.15, 0.2) is 24.3 Å². The Hall–Kier alpha value is -1.75. The second kappa shape index (κ2) is 9.09. The first-order chi connectivity index (χ1) is 12.3. The third-order valence-electron chi connectivity index (χ3n) is 5.57. The highest BCUT2D eigenvalue weighted by Crippen LogP contribution is 2.25. The van der Waals surface area contributed by atoms with Gasteiger partial charge in [-0.1, -0.05) is 18.2 Å². The third kappa shape index (κ3) is 5.11. The highest BCUT2D eigenvalue weighted by molar-refractivity contribution is 5.74. The molecule has 1 aliphatic heterocycles. The zero-order chi connectivity index (χ0) is 17.5. The molecule has 3 rings (SSSR count). The number of nitrogens with zero attached hydrogens (tertiary/aromatic N) is 1. The first-order valence-corrected chi connectivity index (χ1v) is 9.74. The van der Waals surface area contributed by atoms with Crippen LogP contribution in [0.25, 0.3) is 0 Å². The molecule has 0 atom stereocenters. The van der Waals surface area contributed by atoms with Crippen molar-refractivity contribution in [2.75, 3.05) is 24.6 Å². The van der Waals surface area contributed by atoms with Crippen LogP contribution in [-0.4, -0.2) is 36.9 Å². The van der Waals surface area contributed by atoms with Gasteiger partial charge in [-0.2, -0.15) is 0 Å². The number of piperidine rings is 1. The molecule has 0 bridgehead atoms. The van der Waals surface area contributed by atoms with E-state index in [1.807, 2.05) is 6.07 Å². The van der Waals surface area contributed by atoms with E-state index in [0.717, 1.165) is 38.8 Å². The van der Waals surface area contributed by atoms with Crippen LogP contribution in [0.3, 0.4) is 0 Å². The molecule has 0 spiro atoms. The zero-order valence-electron chi connectivity index (χ0n) is 15.0. The maximum absolute atomic E-state index is 12.2. The summed E-state index contributed by atoms with van der Waals surface area (Å²) in [6.45, 7) is 3.05. The average molecular weight is 345 g/mol. The van der Waals surface area contributed by atoms with Crippen molar-refractivity contribution in [1.29, 1.82) is 0 Å². The maximum Gasteiger partial charge on any atom is 0.315 e. The number of para-hydroxylation sites is 1. The van der Waals surface area contributed by atoms with E-state index in [9.17, 15) is 9.90 Å². The molecule has 2 amide bonds. The van der Waals surface area contributed by atoms with Crippen molar-refractivity contribution in [2.24, 2.45) is 5.92 Å². The van der Waals surface area contributed by atoms with Gasteiger partial charge in [-0.05, 0) is 62.5 Å². The van der Waals surface area contributed by atoms with Crippen molar-refractivity contribution in [2.45, 2.75) is 57.5 Å². The number of amides is 2. The molecule has 138 valence electrons. The molecular weight excluding hydrogens is 314 g/mol. The van der Waals surface area contributed by atoms with Gasteiger partial charge in [-0.25, -0.2) is 4.79 Å². The number of urea groups is 1. The fourth-order valence-corrected chi connectivity index (χ4v) is 4.00. The van der Waals surface area contributed by atoms with E-state index in [2.05, 4.69) is 33.7 Å². The summed E-state index contributed by atoms with van der Waals surface area (Å²) in [7, 11) is 0. The van der Waals surface area contributed by atoms with Crippen molar-refractivity contribution in [3.63, 3.8) is 0 Å². The zero-order valence-corrected chi connectivity index (χ0v) is 15.0. The summed E-state index contributed by atoms with van der Waals surface area (Å²) < 4.78 is 0. The number of hydrogen-bond acceptors (Lipinski definition) is 3. The summed E-state index contributed by atoms with van der Waals surface area (Å²) in [5, 5.41) is 15.3. The fraction of sp³-hybridized carbons (Fsp3) is 0.650. The van der Waals surface area contributed by atoms with Crippen molar-refractivity contribution in [3.05, 3.63) is 29.8 Å². The number of carbonyl (C=O) groups is 1. The lowest BCUT2D eigenvalue weighted by Crippen LogP contribution is -2.43. The molecule has 0 aromatic heterocycles. The van der Waals surface area contributed by atoms with Gasteiger partial charge in [0.15, 0.2) is 0 Å². The smallest absolute Gasteiger partial charge is 0.315 e. The number of hydrogen-bond donors (Lipinski definition) is 3. The second-order valence-corrected chi connectivity index (χ2v) is 7.40. The maximum atomic E-state index is 12.2. The molecule has 2 aliphatic rings. The molecule has 1 aromatic carbocycles. The van der Waals surface area contributed by atoms with E-state index < -0.39 is 0 Å². The van der Waals surface area contributed by atoms with Crippen molar-refractivity contribution >= 4 is 11.7 Å². The van der Waals surface area contributed by atoms with Crippen molar-refractivity contribution < 1.29 is 9.90 Å². The highest BCUT2D eigenvalue weighted by Gasteiger charge is 2.22. The largest absolute Gasteiger partial charge is 0.396 e. The van der Waals surface area contributed by atoms with Gasteiger partial charge < -0.3 is 20.6 Å². The number of rotatable bonds is 5. The lowest BCUT2D eigenvalue weighted by atomic mass is 9.87. The van der Waals surface area contributed by atoms with Crippen LogP contribution in [0.4, 0.5) is 10.5 Å². The number of aliphatic hydroxyl groups excluding tert-OH is 1. The predicted octanol–water partition coefficient (Wildman–Crippen LogP) is 3.03. The number of benzene rings is 1. The summed E-state index contributed by atoms with van der Waals surface area (Å²) in [5.41, 5.74) is 2.44. The van der Waals surface area contributed by atoms with E-state index in [1.54, 1.807) is 0 Å². The fourth-order valence-electron chi connectivity index (χ4n) is 4.00. The Morgan fingerprint density at radius 1 is 1.08 bits per heavy atom. The number of aliphatic hydroxyl groups is 1. The minimum absolute atomic E-state index is 0.0825. The van der Waals surface area contributed by atoms with Crippen molar-refractivity contribution in [1.82, 2.24) is 10.6 Å². The van der Waals surface area contributed by atoms with Crippen LogP contribution in [0.1, 0.15) is 50.5 Å². The lowest BCUT2D eigenvalue weighted by molar-refractivity contribution is 0.174. The molecule has 0 radical (unpaired) electrons. The average Bonchev–Trinajstić information content (AvgIpc) is 2.68. The van der Waals surface area contributed by atoms with Crippen molar-refractivity contribution in [3.8, 4) is 0 Å². The van der Waals surface area contributed by atoms with Crippen LogP contribution in [0.2, 0.25) is 0 Å². The first-order valence-electron chi connectivity index (χ1n) is 9.74. The molecule has 1 saturated heterocycles. The molecule has 2 fully saturated rings. The molecule has 3 N–H and O–H groups in total. The molecule has 1 aliphatic carbocycles. The van der Waals surface area contributed by atoms with Gasteiger partial charge in [-0.3, -0.25) is 0 Å². The SMILES string of the molecule is O=C(NCc1ccccc1N1CCCCC1)NC1CCC(CO)CC1. The summed E-state index contributed by atoms with van der Waals surface area (Å²) >= 11 is 0. The molecular formula is C20H31N3O2. The third-order valence-corrected chi connectivity index (χ3v) is 5.57. The van der Waals surface area contributed by atoms with Gasteiger partial charge in [-0.15, -0.1) is 0 Å². The molecule has 5 heteroatoms. The van der Waals surface area contributed by atoms with Gasteiger partial charge in [0, 0.05) is 38.0 Å². The highest BCUT2D eigenvalue weighted by atomic mass is 16.3. The minimum Gasteiger partial charge on any atom is -0.396 e. The molecule has 1 saturated carbocycles. The molecule has 5 nitrogen and oxygen atoms in total. The quantitative estimate of drug-likeness (QED) is 0.768. The number of nitrogens with one attached hydrogen (secondary N) is 2. The van der Waals surface area contributed by atoms with Crippen LogP contribution in [0.5, 0.6) is 0 Å². The second-order valence-electron chi connectivity index (χ2n) is 7.40. The summed E-state index contributed by atoms with van der Waals surface area (Å²) in [5.74, 6) is 0.414. The Morgan fingerprint density at radius 3 is 2.52 bits per heavy atom. The summed E-state index contributed by atoms with van der Waals surface area (Å²) in [6.07, 6.45) is 7.74. The monoisotopic (exact) mass is 345 g/mol. The summed E-state index contributed by atoms with van der Waals surface area (Å²) in [6, 6.07) is 8.54. The molecule has 1 aromatic rings. The Labute approximate surface area is 150 Å². The minimum atomic E-state index is -0.0825. The van der Waals surface area contributed by atoms with E-state index in [0.29, 0.717) is 12.5 Å². The standard InChI is InChI=1S/C20H31N3O2/c24-15-16-8-10-18(11-9-16)22-20(25)21-14-17-6-2-3-7-19(17)23-12-4-1-5-13-23/h2-3,6-7,16,18,24H,1,4-5,8-15H2,(H2,21,22,25). The van der Waals surface area contributed by atoms with E-state index in [-0.39, 0.29) is 18.7 Å². The molecule has 0 unspecified atom stereocenters. The topological polar surface area (TPSA) is 64.6 Å². The lowest BCUT2D eigenvalue weighted by Gasteiger charge is -2.31. The van der Waals surface area contributed by atoms with Gasteiger partial charge >= 0.3 is 6.03 Å². The summed E-state index contributed by atoms with van der Waals surface area (Å²) in [4.78, 5) is 14.7. The first kappa shape index (κ1) is 18.1. The Bertz CT molecular complexity index is 550. The van der Waals surface area contributed by atoms with Gasteiger partial charge in [0.1, 0.15) is 0 Å². The Balaban J connectivity index is 1.49. The van der Waals surface area contributed by atoms with E-state index in [1.165, 1.54) is 30.5 Å². The van der Waals surface area contributed by atoms with E-state index >= 15 is 0 Å². The van der Waals surface area contributed by atoms with E-state index in [4.69, 9.17) is 0 Å². The van der Waals surface area contributed by atoms with Gasteiger partial charge in [0.25, 0.3) is 0 Å². The van der Waals surface area contributed by atoms with Crippen LogP contribution in [0, 0.1) is 5.92 Å². The van der Waals surface area contributed by atoms with Crippen LogP contribution < -0.4 is 15.5 Å². The predicted molar refractivity (Wildman–Crippen MR) is 101 cm³/mol. The van der Waals surface area contributed by atoms with Crippen LogP contribution >= 0.6 is 0 Å². The Kier molecular flexibility index (Phi) is 6.56.